The van der Waals surface area contributed by atoms with Crippen molar-refractivity contribution in [3.63, 3.8) is 0 Å². The van der Waals surface area contributed by atoms with Gasteiger partial charge in [-0.05, 0) is 35.9 Å². The molecule has 1 N–H and O–H groups in total. The molecule has 3 rings (SSSR count). The van der Waals surface area contributed by atoms with Crippen molar-refractivity contribution in [3.8, 4) is 11.5 Å². The topological polar surface area (TPSA) is 98.9 Å². The van der Waals surface area contributed by atoms with Gasteiger partial charge in [-0.3, -0.25) is 15.5 Å². The first kappa shape index (κ1) is 22.6. The third-order valence-corrected chi connectivity index (χ3v) is 4.86. The standard InChI is InChI=1S/C20H15Cl3N4O4/c1-30-18-7-12(9-25-26-19-5-4-15(10-24-19)27(28)29)6-17(23)20(18)31-11-13-2-3-14(21)8-16(13)22/h2-10H,11H2,1H3,(H,24,26)/b25-9+. The van der Waals surface area contributed by atoms with Crippen molar-refractivity contribution >= 4 is 52.5 Å². The van der Waals surface area contributed by atoms with Gasteiger partial charge in [-0.2, -0.15) is 5.10 Å². The van der Waals surface area contributed by atoms with E-state index in [1.165, 1.54) is 25.5 Å². The van der Waals surface area contributed by atoms with Gasteiger partial charge in [0, 0.05) is 21.7 Å². The lowest BCUT2D eigenvalue weighted by Gasteiger charge is -2.14. The number of nitrogens with zero attached hydrogens (tertiary/aromatic N) is 3. The number of hydrogen-bond donors (Lipinski definition) is 1. The summed E-state index contributed by atoms with van der Waals surface area (Å²) in [5.41, 5.74) is 3.95. The minimum absolute atomic E-state index is 0.110. The Hall–Kier alpha value is -3.07. The molecule has 0 radical (unpaired) electrons. The Morgan fingerprint density at radius 3 is 2.61 bits per heavy atom. The summed E-state index contributed by atoms with van der Waals surface area (Å²) < 4.78 is 11.2. The molecule has 0 aliphatic heterocycles. The molecule has 0 bridgehead atoms. The van der Waals surface area contributed by atoms with E-state index in [1.54, 1.807) is 30.3 Å². The third-order valence-electron chi connectivity index (χ3n) is 3.99. The summed E-state index contributed by atoms with van der Waals surface area (Å²) in [4.78, 5) is 14.0. The molecule has 0 aliphatic rings. The number of rotatable bonds is 8. The summed E-state index contributed by atoms with van der Waals surface area (Å²) >= 11 is 18.5. The van der Waals surface area contributed by atoms with E-state index in [1.807, 2.05) is 0 Å². The molecular formula is C20H15Cl3N4O4. The Balaban J connectivity index is 1.70. The summed E-state index contributed by atoms with van der Waals surface area (Å²) in [7, 11) is 1.49. The number of halogens is 3. The van der Waals surface area contributed by atoms with Crippen LogP contribution in [0, 0.1) is 10.1 Å². The fourth-order valence-corrected chi connectivity index (χ4v) is 3.21. The third kappa shape index (κ3) is 5.97. The minimum Gasteiger partial charge on any atom is -0.493 e. The maximum atomic E-state index is 10.7. The lowest BCUT2D eigenvalue weighted by Crippen LogP contribution is -2.00. The number of hydrazone groups is 1. The maximum Gasteiger partial charge on any atom is 0.287 e. The Kier molecular flexibility index (Phi) is 7.51. The molecule has 2 aromatic carbocycles. The van der Waals surface area contributed by atoms with Gasteiger partial charge in [0.1, 0.15) is 18.6 Å². The van der Waals surface area contributed by atoms with Crippen LogP contribution in [0.1, 0.15) is 11.1 Å². The average Bonchev–Trinajstić information content (AvgIpc) is 2.74. The molecule has 0 spiro atoms. The van der Waals surface area contributed by atoms with Gasteiger partial charge in [-0.25, -0.2) is 4.98 Å². The van der Waals surface area contributed by atoms with Crippen molar-refractivity contribution in [1.82, 2.24) is 4.98 Å². The molecule has 8 nitrogen and oxygen atoms in total. The molecule has 31 heavy (non-hydrogen) atoms. The molecule has 0 unspecified atom stereocenters. The molecule has 160 valence electrons. The van der Waals surface area contributed by atoms with Gasteiger partial charge in [0.05, 0.1) is 23.3 Å². The zero-order valence-corrected chi connectivity index (χ0v) is 18.3. The van der Waals surface area contributed by atoms with Crippen molar-refractivity contribution < 1.29 is 14.4 Å². The van der Waals surface area contributed by atoms with Gasteiger partial charge in [0.2, 0.25) is 0 Å². The highest BCUT2D eigenvalue weighted by Crippen LogP contribution is 2.37. The second-order valence-corrected chi connectivity index (χ2v) is 7.34. The highest BCUT2D eigenvalue weighted by Gasteiger charge is 2.13. The van der Waals surface area contributed by atoms with Crippen LogP contribution in [0.3, 0.4) is 0 Å². The first-order chi connectivity index (χ1) is 14.9. The second kappa shape index (κ2) is 10.3. The van der Waals surface area contributed by atoms with E-state index in [2.05, 4.69) is 15.5 Å². The Morgan fingerprint density at radius 1 is 1.16 bits per heavy atom. The molecule has 3 aromatic rings. The monoisotopic (exact) mass is 480 g/mol. The van der Waals surface area contributed by atoms with E-state index in [0.717, 1.165) is 11.8 Å². The number of nitro groups is 1. The van der Waals surface area contributed by atoms with Gasteiger partial charge in [0.15, 0.2) is 11.5 Å². The molecule has 0 fully saturated rings. The summed E-state index contributed by atoms with van der Waals surface area (Å²) in [6.45, 7) is 0.173. The van der Waals surface area contributed by atoms with Gasteiger partial charge in [-0.1, -0.05) is 40.9 Å². The van der Waals surface area contributed by atoms with Crippen LogP contribution < -0.4 is 14.9 Å². The van der Waals surface area contributed by atoms with E-state index < -0.39 is 4.92 Å². The summed E-state index contributed by atoms with van der Waals surface area (Å²) in [6.07, 6.45) is 2.63. The van der Waals surface area contributed by atoms with Gasteiger partial charge in [0.25, 0.3) is 5.69 Å². The predicted octanol–water partition coefficient (Wildman–Crippen LogP) is 5.98. The average molecular weight is 482 g/mol. The van der Waals surface area contributed by atoms with Crippen LogP contribution in [0.4, 0.5) is 11.5 Å². The Morgan fingerprint density at radius 2 is 1.97 bits per heavy atom. The number of methoxy groups -OCH3 is 1. The van der Waals surface area contributed by atoms with E-state index >= 15 is 0 Å². The number of anilines is 1. The number of nitrogens with one attached hydrogen (secondary N) is 1. The zero-order chi connectivity index (χ0) is 22.4. The lowest BCUT2D eigenvalue weighted by atomic mass is 10.2. The number of benzene rings is 2. The Bertz CT molecular complexity index is 1120. The molecular weight excluding hydrogens is 467 g/mol. The number of hydrogen-bond acceptors (Lipinski definition) is 7. The first-order valence-electron chi connectivity index (χ1n) is 8.71. The molecule has 11 heteroatoms. The molecule has 1 heterocycles. The highest BCUT2D eigenvalue weighted by molar-refractivity contribution is 6.35. The van der Waals surface area contributed by atoms with Crippen molar-refractivity contribution in [2.24, 2.45) is 5.10 Å². The minimum atomic E-state index is -0.529. The molecule has 1 aromatic heterocycles. The molecule has 0 saturated heterocycles. The number of aromatic nitrogens is 1. The normalized spacial score (nSPS) is 10.8. The zero-order valence-electron chi connectivity index (χ0n) is 16.0. The van der Waals surface area contributed by atoms with E-state index in [9.17, 15) is 10.1 Å². The van der Waals surface area contributed by atoms with E-state index in [4.69, 9.17) is 44.3 Å². The van der Waals surface area contributed by atoms with Gasteiger partial charge >= 0.3 is 0 Å². The SMILES string of the molecule is COc1cc(/C=N/Nc2ccc([N+](=O)[O-])cn2)cc(Cl)c1OCc1ccc(Cl)cc1Cl. The smallest absolute Gasteiger partial charge is 0.287 e. The van der Waals surface area contributed by atoms with Crippen molar-refractivity contribution in [2.75, 3.05) is 12.5 Å². The number of pyridine rings is 1. The van der Waals surface area contributed by atoms with Crippen LogP contribution in [-0.2, 0) is 6.61 Å². The largest absolute Gasteiger partial charge is 0.493 e. The summed E-state index contributed by atoms with van der Waals surface area (Å²) in [5.74, 6) is 1.12. The molecule has 0 amide bonds. The van der Waals surface area contributed by atoms with Crippen molar-refractivity contribution in [2.45, 2.75) is 6.61 Å². The Labute approximate surface area is 192 Å². The van der Waals surface area contributed by atoms with Crippen LogP contribution in [0.5, 0.6) is 11.5 Å². The van der Waals surface area contributed by atoms with Crippen molar-refractivity contribution in [1.29, 1.82) is 0 Å². The van der Waals surface area contributed by atoms with Gasteiger partial charge in [-0.15, -0.1) is 0 Å². The van der Waals surface area contributed by atoms with Crippen LogP contribution >= 0.6 is 34.8 Å². The fourth-order valence-electron chi connectivity index (χ4n) is 2.48. The molecule has 0 aliphatic carbocycles. The van der Waals surface area contributed by atoms with Crippen LogP contribution in [0.25, 0.3) is 0 Å². The molecule has 0 atom stereocenters. The molecule has 0 saturated carbocycles. The van der Waals surface area contributed by atoms with E-state index in [0.29, 0.717) is 37.9 Å². The quantitative estimate of drug-likeness (QED) is 0.241. The van der Waals surface area contributed by atoms with E-state index in [-0.39, 0.29) is 12.3 Å². The van der Waals surface area contributed by atoms with Crippen molar-refractivity contribution in [3.05, 3.63) is 85.0 Å². The predicted molar refractivity (Wildman–Crippen MR) is 121 cm³/mol. The maximum absolute atomic E-state index is 10.7. The highest BCUT2D eigenvalue weighted by atomic mass is 35.5. The fraction of sp³-hybridized carbons (Fsp3) is 0.100. The summed E-state index contributed by atoms with van der Waals surface area (Å²) in [6, 6.07) is 11.2. The first-order valence-corrected chi connectivity index (χ1v) is 9.84. The van der Waals surface area contributed by atoms with Crippen LogP contribution in [0.15, 0.2) is 53.8 Å². The number of ether oxygens (including phenoxy) is 2. The van der Waals surface area contributed by atoms with Crippen LogP contribution in [-0.4, -0.2) is 23.2 Å². The second-order valence-electron chi connectivity index (χ2n) is 6.09. The van der Waals surface area contributed by atoms with Gasteiger partial charge < -0.3 is 9.47 Å². The van der Waals surface area contributed by atoms with Crippen LogP contribution in [0.2, 0.25) is 15.1 Å². The summed E-state index contributed by atoms with van der Waals surface area (Å²) in [5, 5.41) is 16.0. The lowest BCUT2D eigenvalue weighted by molar-refractivity contribution is -0.385.